The van der Waals surface area contributed by atoms with Crippen LogP contribution in [0.25, 0.3) is 5.65 Å². The summed E-state index contributed by atoms with van der Waals surface area (Å²) in [6, 6.07) is 13.9. The molecule has 3 heterocycles. The summed E-state index contributed by atoms with van der Waals surface area (Å²) in [7, 11) is 0. The maximum absolute atomic E-state index is 12.9. The number of carbonyl (C=O) groups is 1. The van der Waals surface area contributed by atoms with E-state index in [1.165, 1.54) is 0 Å². The molecule has 1 aliphatic heterocycles. The third-order valence-electron chi connectivity index (χ3n) is 5.36. The van der Waals surface area contributed by atoms with Crippen LogP contribution in [-0.4, -0.2) is 45.1 Å². The van der Waals surface area contributed by atoms with Gasteiger partial charge in [-0.05, 0) is 49.9 Å². The van der Waals surface area contributed by atoms with Crippen LogP contribution in [-0.2, 0) is 11.2 Å². The van der Waals surface area contributed by atoms with E-state index in [0.717, 1.165) is 42.2 Å². The molecule has 0 saturated carbocycles. The standard InChI is InChI=1S/C22H26N4O2/c1-2-28-19-10-4-3-8-17(19)12-13-21(27)25-14-7-9-18(16-25)22-24-23-20-11-5-6-15-26(20)22/h3-6,8,10-11,15,18H,2,7,9,12-14,16H2,1H3/t18-/m0/s1. The van der Waals surface area contributed by atoms with Crippen molar-refractivity contribution in [3.63, 3.8) is 0 Å². The van der Waals surface area contributed by atoms with Crippen molar-refractivity contribution in [3.8, 4) is 5.75 Å². The molecule has 0 unspecified atom stereocenters. The predicted molar refractivity (Wildman–Crippen MR) is 107 cm³/mol. The number of nitrogens with zero attached hydrogens (tertiary/aromatic N) is 4. The van der Waals surface area contributed by atoms with Gasteiger partial charge >= 0.3 is 0 Å². The maximum atomic E-state index is 12.9. The van der Waals surface area contributed by atoms with E-state index in [1.54, 1.807) is 0 Å². The zero-order valence-electron chi connectivity index (χ0n) is 16.3. The lowest BCUT2D eigenvalue weighted by Crippen LogP contribution is -2.39. The second kappa shape index (κ2) is 8.42. The molecule has 6 heteroatoms. The molecule has 1 atom stereocenters. The summed E-state index contributed by atoms with van der Waals surface area (Å²) in [6.07, 6.45) is 5.22. The summed E-state index contributed by atoms with van der Waals surface area (Å²) in [5.41, 5.74) is 1.95. The molecule has 1 amide bonds. The van der Waals surface area contributed by atoms with Crippen LogP contribution < -0.4 is 4.74 Å². The molecule has 2 aromatic heterocycles. The lowest BCUT2D eigenvalue weighted by Gasteiger charge is -2.32. The second-order valence-corrected chi connectivity index (χ2v) is 7.21. The van der Waals surface area contributed by atoms with Gasteiger partial charge in [-0.1, -0.05) is 24.3 Å². The fourth-order valence-electron chi connectivity index (χ4n) is 3.96. The van der Waals surface area contributed by atoms with Crippen LogP contribution in [0.4, 0.5) is 0 Å². The van der Waals surface area contributed by atoms with Crippen molar-refractivity contribution in [2.75, 3.05) is 19.7 Å². The molecule has 0 spiro atoms. The first-order chi connectivity index (χ1) is 13.8. The van der Waals surface area contributed by atoms with Crippen molar-refractivity contribution in [2.24, 2.45) is 0 Å². The number of fused-ring (bicyclic) bond motifs is 1. The van der Waals surface area contributed by atoms with Crippen molar-refractivity contribution >= 4 is 11.6 Å². The SMILES string of the molecule is CCOc1ccccc1CCC(=O)N1CCC[C@H](c2nnc3ccccn23)C1. The number of carbonyl (C=O) groups excluding carboxylic acids is 1. The van der Waals surface area contributed by atoms with Gasteiger partial charge in [0.05, 0.1) is 6.61 Å². The fraction of sp³-hybridized carbons (Fsp3) is 0.409. The Morgan fingerprint density at radius 1 is 1.18 bits per heavy atom. The average molecular weight is 378 g/mol. The smallest absolute Gasteiger partial charge is 0.222 e. The van der Waals surface area contributed by atoms with Gasteiger partial charge < -0.3 is 9.64 Å². The highest BCUT2D eigenvalue weighted by Crippen LogP contribution is 2.27. The highest BCUT2D eigenvalue weighted by Gasteiger charge is 2.27. The van der Waals surface area contributed by atoms with Crippen LogP contribution in [0.2, 0.25) is 0 Å². The molecule has 1 fully saturated rings. The Bertz CT molecular complexity index is 952. The van der Waals surface area contributed by atoms with E-state index < -0.39 is 0 Å². The van der Waals surface area contributed by atoms with Gasteiger partial charge in [0.25, 0.3) is 0 Å². The first kappa shape index (κ1) is 18.5. The van der Waals surface area contributed by atoms with Crippen LogP contribution in [0.5, 0.6) is 5.75 Å². The number of likely N-dealkylation sites (tertiary alicyclic amines) is 1. The minimum Gasteiger partial charge on any atom is -0.494 e. The molecule has 4 rings (SSSR count). The molecular weight excluding hydrogens is 352 g/mol. The molecule has 0 radical (unpaired) electrons. The average Bonchev–Trinajstić information content (AvgIpc) is 3.17. The van der Waals surface area contributed by atoms with Crippen LogP contribution in [0.15, 0.2) is 48.7 Å². The maximum Gasteiger partial charge on any atom is 0.222 e. The number of amides is 1. The highest BCUT2D eigenvalue weighted by molar-refractivity contribution is 5.76. The summed E-state index contributed by atoms with van der Waals surface area (Å²) < 4.78 is 7.72. The van der Waals surface area contributed by atoms with Crippen molar-refractivity contribution in [2.45, 2.75) is 38.5 Å². The third-order valence-corrected chi connectivity index (χ3v) is 5.36. The molecule has 1 saturated heterocycles. The number of aromatic nitrogens is 3. The summed E-state index contributed by atoms with van der Waals surface area (Å²) in [6.45, 7) is 4.13. The topological polar surface area (TPSA) is 59.7 Å². The first-order valence-electron chi connectivity index (χ1n) is 10.0. The number of hydrogen-bond acceptors (Lipinski definition) is 4. The predicted octanol–water partition coefficient (Wildman–Crippen LogP) is 3.47. The molecule has 1 aromatic carbocycles. The van der Waals surface area contributed by atoms with E-state index in [0.29, 0.717) is 26.0 Å². The number of aryl methyl sites for hydroxylation is 1. The number of ether oxygens (including phenoxy) is 1. The van der Waals surface area contributed by atoms with E-state index in [-0.39, 0.29) is 11.8 Å². The number of benzene rings is 1. The Morgan fingerprint density at radius 2 is 2.04 bits per heavy atom. The van der Waals surface area contributed by atoms with Gasteiger partial charge in [-0.3, -0.25) is 9.20 Å². The Hall–Kier alpha value is -2.89. The molecule has 0 aliphatic carbocycles. The van der Waals surface area contributed by atoms with E-state index in [4.69, 9.17) is 4.74 Å². The summed E-state index contributed by atoms with van der Waals surface area (Å²) in [5, 5.41) is 8.66. The van der Waals surface area contributed by atoms with Crippen LogP contribution in [0.1, 0.15) is 43.5 Å². The molecule has 1 aliphatic rings. The van der Waals surface area contributed by atoms with Crippen molar-refractivity contribution in [1.29, 1.82) is 0 Å². The second-order valence-electron chi connectivity index (χ2n) is 7.21. The summed E-state index contributed by atoms with van der Waals surface area (Å²) >= 11 is 0. The first-order valence-corrected chi connectivity index (χ1v) is 10.0. The Balaban J connectivity index is 1.41. The monoisotopic (exact) mass is 378 g/mol. The normalized spacial score (nSPS) is 17.0. The zero-order valence-corrected chi connectivity index (χ0v) is 16.3. The molecular formula is C22H26N4O2. The van der Waals surface area contributed by atoms with Crippen molar-refractivity contribution in [3.05, 3.63) is 60.0 Å². The minimum absolute atomic E-state index is 0.199. The van der Waals surface area contributed by atoms with Crippen LogP contribution in [0.3, 0.4) is 0 Å². The third kappa shape index (κ3) is 3.86. The Labute approximate surface area is 165 Å². The van der Waals surface area contributed by atoms with Gasteiger partial charge in [0.2, 0.25) is 5.91 Å². The quantitative estimate of drug-likeness (QED) is 0.659. The van der Waals surface area contributed by atoms with Crippen molar-refractivity contribution < 1.29 is 9.53 Å². The van der Waals surface area contributed by atoms with Gasteiger partial charge in [0.15, 0.2) is 5.65 Å². The number of hydrogen-bond donors (Lipinski definition) is 0. The number of pyridine rings is 1. The number of rotatable bonds is 6. The molecule has 3 aromatic rings. The summed E-state index contributed by atoms with van der Waals surface area (Å²) in [5.74, 6) is 2.26. The molecule has 0 N–H and O–H groups in total. The summed E-state index contributed by atoms with van der Waals surface area (Å²) in [4.78, 5) is 14.8. The minimum atomic E-state index is 0.199. The van der Waals surface area contributed by atoms with E-state index >= 15 is 0 Å². The highest BCUT2D eigenvalue weighted by atomic mass is 16.5. The molecule has 28 heavy (non-hydrogen) atoms. The van der Waals surface area contributed by atoms with Gasteiger partial charge in [-0.15, -0.1) is 10.2 Å². The largest absolute Gasteiger partial charge is 0.494 e. The van der Waals surface area contributed by atoms with Gasteiger partial charge in [-0.25, -0.2) is 0 Å². The zero-order chi connectivity index (χ0) is 19.3. The number of para-hydroxylation sites is 1. The lowest BCUT2D eigenvalue weighted by molar-refractivity contribution is -0.132. The number of piperidine rings is 1. The van der Waals surface area contributed by atoms with Gasteiger partial charge in [0.1, 0.15) is 11.6 Å². The van der Waals surface area contributed by atoms with Crippen molar-refractivity contribution in [1.82, 2.24) is 19.5 Å². The van der Waals surface area contributed by atoms with E-state index in [9.17, 15) is 4.79 Å². The Kier molecular flexibility index (Phi) is 5.55. The molecule has 6 nitrogen and oxygen atoms in total. The fourth-order valence-corrected chi connectivity index (χ4v) is 3.96. The molecule has 0 bridgehead atoms. The van der Waals surface area contributed by atoms with E-state index in [2.05, 4.69) is 10.2 Å². The van der Waals surface area contributed by atoms with E-state index in [1.807, 2.05) is 64.9 Å². The van der Waals surface area contributed by atoms with Gasteiger partial charge in [0, 0.05) is 31.6 Å². The van der Waals surface area contributed by atoms with Crippen LogP contribution in [0, 0.1) is 0 Å². The van der Waals surface area contributed by atoms with Gasteiger partial charge in [-0.2, -0.15) is 0 Å². The molecule has 146 valence electrons. The lowest BCUT2D eigenvalue weighted by atomic mass is 9.96. The van der Waals surface area contributed by atoms with Crippen LogP contribution >= 0.6 is 0 Å². The Morgan fingerprint density at radius 3 is 2.93 bits per heavy atom.